The van der Waals surface area contributed by atoms with E-state index >= 15 is 0 Å². The van der Waals surface area contributed by atoms with E-state index in [1.54, 1.807) is 7.05 Å². The first kappa shape index (κ1) is 18.7. The lowest BCUT2D eigenvalue weighted by Crippen LogP contribution is -2.45. The van der Waals surface area contributed by atoms with Crippen LogP contribution >= 0.6 is 0 Å². The van der Waals surface area contributed by atoms with Crippen molar-refractivity contribution < 1.29 is 4.79 Å². The molecule has 0 spiro atoms. The van der Waals surface area contributed by atoms with Crippen LogP contribution in [0.25, 0.3) is 5.65 Å². The molecule has 150 valence electrons. The Morgan fingerprint density at radius 3 is 2.89 bits per heavy atom. The van der Waals surface area contributed by atoms with Gasteiger partial charge in [0, 0.05) is 38.3 Å². The summed E-state index contributed by atoms with van der Waals surface area (Å²) in [4.78, 5) is 19.1. The molecule has 0 aromatic carbocycles. The summed E-state index contributed by atoms with van der Waals surface area (Å²) < 4.78 is 1.96. The van der Waals surface area contributed by atoms with Crippen LogP contribution in [0.3, 0.4) is 0 Å². The number of aliphatic imine (C=N–C) groups is 1. The average molecular weight is 384 g/mol. The first-order valence-corrected chi connectivity index (χ1v) is 10.3. The van der Waals surface area contributed by atoms with Crippen molar-refractivity contribution in [2.45, 2.75) is 51.1 Å². The average Bonchev–Trinajstić information content (AvgIpc) is 3.38. The van der Waals surface area contributed by atoms with Crippen LogP contribution in [0, 0.1) is 5.92 Å². The van der Waals surface area contributed by atoms with Crippen LogP contribution in [0.5, 0.6) is 0 Å². The zero-order chi connectivity index (χ0) is 19.3. The molecule has 8 nitrogen and oxygen atoms in total. The number of hydrogen-bond acceptors (Lipinski definition) is 4. The van der Waals surface area contributed by atoms with E-state index in [1.165, 1.54) is 19.3 Å². The molecule has 1 atom stereocenters. The summed E-state index contributed by atoms with van der Waals surface area (Å²) in [5.41, 5.74) is 0.829. The number of nitrogens with zero attached hydrogens (tertiary/aromatic N) is 5. The van der Waals surface area contributed by atoms with Gasteiger partial charge in [-0.2, -0.15) is 0 Å². The minimum atomic E-state index is 0.230. The molecule has 2 aliphatic rings. The number of pyridine rings is 1. The van der Waals surface area contributed by atoms with Crippen molar-refractivity contribution in [1.82, 2.24) is 30.1 Å². The van der Waals surface area contributed by atoms with Gasteiger partial charge >= 0.3 is 0 Å². The lowest BCUT2D eigenvalue weighted by Gasteiger charge is -2.26. The van der Waals surface area contributed by atoms with Crippen molar-refractivity contribution >= 4 is 17.5 Å². The third-order valence-electron chi connectivity index (χ3n) is 5.82. The molecule has 2 aromatic heterocycles. The van der Waals surface area contributed by atoms with Crippen molar-refractivity contribution in [1.29, 1.82) is 0 Å². The summed E-state index contributed by atoms with van der Waals surface area (Å²) in [6, 6.07) is 6.07. The Bertz CT molecular complexity index is 840. The van der Waals surface area contributed by atoms with Crippen molar-refractivity contribution in [3.8, 4) is 0 Å². The number of fused-ring (bicyclic) bond motifs is 1. The van der Waals surface area contributed by atoms with Crippen LogP contribution in [0.4, 0.5) is 0 Å². The number of likely N-dealkylation sites (tertiary alicyclic amines) is 1. The number of rotatable bonds is 4. The second kappa shape index (κ2) is 8.58. The van der Waals surface area contributed by atoms with Crippen LogP contribution in [0.1, 0.15) is 44.3 Å². The van der Waals surface area contributed by atoms with Gasteiger partial charge in [-0.15, -0.1) is 10.2 Å². The number of guanidine groups is 1. The van der Waals surface area contributed by atoms with Crippen LogP contribution in [-0.4, -0.2) is 57.5 Å². The number of nitrogens with one attached hydrogen (secondary N) is 2. The molecule has 3 heterocycles. The molecule has 1 saturated carbocycles. The largest absolute Gasteiger partial charge is 0.352 e. The number of amides is 1. The molecule has 2 fully saturated rings. The Balaban J connectivity index is 1.29. The monoisotopic (exact) mass is 383 g/mol. The molecule has 1 aliphatic heterocycles. The minimum absolute atomic E-state index is 0.230. The molecule has 8 heteroatoms. The summed E-state index contributed by atoms with van der Waals surface area (Å²) in [6.45, 7) is 2.12. The lowest BCUT2D eigenvalue weighted by molar-refractivity contribution is -0.135. The van der Waals surface area contributed by atoms with Gasteiger partial charge in [0.15, 0.2) is 17.4 Å². The topological polar surface area (TPSA) is 86.9 Å². The highest BCUT2D eigenvalue weighted by molar-refractivity contribution is 5.81. The predicted molar refractivity (Wildman–Crippen MR) is 108 cm³/mol. The standard InChI is InChI=1S/C20H29N7O/c1-21-20(22-13-18-25-24-17-9-5-6-11-27(17)18)23-16-10-12-26(14-16)19(28)15-7-3-2-4-8-15/h5-6,9,11,15-16H,2-4,7-8,10,12-14H2,1H3,(H2,21,22,23). The van der Waals surface area contributed by atoms with E-state index in [9.17, 15) is 4.79 Å². The third-order valence-corrected chi connectivity index (χ3v) is 5.82. The molecule has 2 N–H and O–H groups in total. The molecular formula is C20H29N7O. The number of carbonyl (C=O) groups is 1. The minimum Gasteiger partial charge on any atom is -0.352 e. The quantitative estimate of drug-likeness (QED) is 0.618. The van der Waals surface area contributed by atoms with Gasteiger partial charge in [0.2, 0.25) is 5.91 Å². The fourth-order valence-electron chi connectivity index (χ4n) is 4.25. The van der Waals surface area contributed by atoms with Crippen LogP contribution in [0.2, 0.25) is 0 Å². The molecule has 0 radical (unpaired) electrons. The molecule has 1 unspecified atom stereocenters. The van der Waals surface area contributed by atoms with Gasteiger partial charge in [0.1, 0.15) is 0 Å². The normalized spacial score (nSPS) is 21.2. The second-order valence-corrected chi connectivity index (χ2v) is 7.72. The summed E-state index contributed by atoms with van der Waals surface area (Å²) in [7, 11) is 1.76. The SMILES string of the molecule is CN=C(NCc1nnc2ccccn12)NC1CCN(C(=O)C2CCCCC2)C1. The number of carbonyl (C=O) groups excluding carboxylic acids is 1. The fraction of sp³-hybridized carbons (Fsp3) is 0.600. The highest BCUT2D eigenvalue weighted by Gasteiger charge is 2.31. The highest BCUT2D eigenvalue weighted by atomic mass is 16.2. The molecule has 1 amide bonds. The van der Waals surface area contributed by atoms with Crippen molar-refractivity contribution in [2.75, 3.05) is 20.1 Å². The van der Waals surface area contributed by atoms with Gasteiger partial charge in [-0.1, -0.05) is 25.3 Å². The second-order valence-electron chi connectivity index (χ2n) is 7.72. The maximum atomic E-state index is 12.7. The smallest absolute Gasteiger partial charge is 0.225 e. The molecule has 2 aromatic rings. The van der Waals surface area contributed by atoms with Gasteiger partial charge in [-0.3, -0.25) is 14.2 Å². The molecule has 1 saturated heterocycles. The van der Waals surface area contributed by atoms with Crippen molar-refractivity contribution in [3.63, 3.8) is 0 Å². The summed E-state index contributed by atoms with van der Waals surface area (Å²) >= 11 is 0. The van der Waals surface area contributed by atoms with Gasteiger partial charge in [0.25, 0.3) is 0 Å². The zero-order valence-corrected chi connectivity index (χ0v) is 16.5. The predicted octanol–water partition coefficient (Wildman–Crippen LogP) is 1.58. The third kappa shape index (κ3) is 4.10. The highest BCUT2D eigenvalue weighted by Crippen LogP contribution is 2.26. The van der Waals surface area contributed by atoms with E-state index < -0.39 is 0 Å². The Morgan fingerprint density at radius 1 is 1.21 bits per heavy atom. The zero-order valence-electron chi connectivity index (χ0n) is 16.5. The lowest BCUT2D eigenvalue weighted by atomic mass is 9.88. The molecular weight excluding hydrogens is 354 g/mol. The van der Waals surface area contributed by atoms with Crippen LogP contribution in [-0.2, 0) is 11.3 Å². The summed E-state index contributed by atoms with van der Waals surface area (Å²) in [6.07, 6.45) is 8.68. The maximum absolute atomic E-state index is 12.7. The first-order chi connectivity index (χ1) is 13.7. The summed E-state index contributed by atoms with van der Waals surface area (Å²) in [5.74, 6) is 2.15. The van der Waals surface area contributed by atoms with Crippen molar-refractivity contribution in [3.05, 3.63) is 30.2 Å². The van der Waals surface area contributed by atoms with Crippen molar-refractivity contribution in [2.24, 2.45) is 10.9 Å². The Labute approximate surface area is 165 Å². The van der Waals surface area contributed by atoms with E-state index in [0.717, 1.165) is 49.8 Å². The van der Waals surface area contributed by atoms with Crippen LogP contribution in [0.15, 0.2) is 29.4 Å². The van der Waals surface area contributed by atoms with E-state index in [0.29, 0.717) is 12.5 Å². The molecule has 1 aliphatic carbocycles. The van der Waals surface area contributed by atoms with Gasteiger partial charge < -0.3 is 15.5 Å². The summed E-state index contributed by atoms with van der Waals surface area (Å²) in [5, 5.41) is 15.2. The van der Waals surface area contributed by atoms with E-state index in [2.05, 4.69) is 25.8 Å². The van der Waals surface area contributed by atoms with E-state index in [1.807, 2.05) is 33.7 Å². The fourth-order valence-corrected chi connectivity index (χ4v) is 4.25. The van der Waals surface area contributed by atoms with Gasteiger partial charge in [-0.25, -0.2) is 0 Å². The molecule has 28 heavy (non-hydrogen) atoms. The van der Waals surface area contributed by atoms with Gasteiger partial charge in [-0.05, 0) is 31.4 Å². The van der Waals surface area contributed by atoms with E-state index in [-0.39, 0.29) is 12.0 Å². The molecule has 4 rings (SSSR count). The first-order valence-electron chi connectivity index (χ1n) is 10.3. The molecule has 0 bridgehead atoms. The maximum Gasteiger partial charge on any atom is 0.225 e. The number of aromatic nitrogens is 3. The Morgan fingerprint density at radius 2 is 2.07 bits per heavy atom. The Kier molecular flexibility index (Phi) is 5.73. The van der Waals surface area contributed by atoms with Crippen LogP contribution < -0.4 is 10.6 Å². The van der Waals surface area contributed by atoms with Gasteiger partial charge in [0.05, 0.1) is 6.54 Å². The number of hydrogen-bond donors (Lipinski definition) is 2. The van der Waals surface area contributed by atoms with E-state index in [4.69, 9.17) is 0 Å². The Hall–Kier alpha value is -2.64.